The summed E-state index contributed by atoms with van der Waals surface area (Å²) >= 11 is 1.84. The number of rotatable bonds is 3. The van der Waals surface area contributed by atoms with Crippen molar-refractivity contribution < 1.29 is 9.78 Å². The molecule has 1 aliphatic heterocycles. The van der Waals surface area contributed by atoms with Crippen LogP contribution < -0.4 is 0 Å². The lowest BCUT2D eigenvalue weighted by Gasteiger charge is -2.46. The monoisotopic (exact) mass is 276 g/mol. The van der Waals surface area contributed by atoms with Crippen molar-refractivity contribution in [2.75, 3.05) is 5.75 Å². The summed E-state index contributed by atoms with van der Waals surface area (Å²) in [4.78, 5) is 12.6. The number of thioether (sulfide) groups is 1. The van der Waals surface area contributed by atoms with E-state index in [2.05, 4.69) is 37.8 Å². The summed E-state index contributed by atoms with van der Waals surface area (Å²) < 4.78 is 0. The largest absolute Gasteiger partial charge is 0.229 e. The number of hydrogen-bond donors (Lipinski definition) is 0. The molecular weight excluding hydrogens is 256 g/mol. The van der Waals surface area contributed by atoms with Gasteiger partial charge in [-0.15, -0.1) is 11.8 Å². The van der Waals surface area contributed by atoms with E-state index in [0.717, 1.165) is 18.6 Å². The molecule has 0 amide bonds. The number of benzene rings is 1. The van der Waals surface area contributed by atoms with Crippen LogP contribution in [0.5, 0.6) is 0 Å². The molecule has 1 heterocycles. The molecule has 1 aromatic carbocycles. The van der Waals surface area contributed by atoms with E-state index in [-0.39, 0.29) is 11.7 Å². The highest BCUT2D eigenvalue weighted by Crippen LogP contribution is 2.44. The molecule has 2 bridgehead atoms. The minimum atomic E-state index is -0.183. The predicted octanol–water partition coefficient (Wildman–Crippen LogP) is 4.22. The maximum absolute atomic E-state index is 5.74. The van der Waals surface area contributed by atoms with E-state index in [1.165, 1.54) is 16.9 Å². The summed E-state index contributed by atoms with van der Waals surface area (Å²) in [7, 11) is 0. The summed E-state index contributed by atoms with van der Waals surface area (Å²) in [6.45, 7) is 6.24. The van der Waals surface area contributed by atoms with Crippen LogP contribution in [0.25, 0.3) is 0 Å². The van der Waals surface area contributed by atoms with Gasteiger partial charge in [-0.05, 0) is 49.8 Å². The van der Waals surface area contributed by atoms with Crippen molar-refractivity contribution in [3.63, 3.8) is 0 Å². The lowest BCUT2D eigenvalue weighted by atomic mass is 9.75. The van der Waals surface area contributed by atoms with Gasteiger partial charge in [0, 0.05) is 10.6 Å². The van der Waals surface area contributed by atoms with Gasteiger partial charge < -0.3 is 0 Å². The fraction of sp³-hybridized carbons (Fsp3) is 0.500. The third-order valence-corrected chi connectivity index (χ3v) is 5.58. The molecular formula is C16H20O2S. The van der Waals surface area contributed by atoms with Crippen molar-refractivity contribution in [3.05, 3.63) is 42.5 Å². The Balaban J connectivity index is 1.65. The summed E-state index contributed by atoms with van der Waals surface area (Å²) in [5, 5.41) is 0. The topological polar surface area (TPSA) is 18.5 Å². The first-order valence-corrected chi connectivity index (χ1v) is 7.86. The van der Waals surface area contributed by atoms with Gasteiger partial charge in [0.05, 0.1) is 0 Å². The zero-order chi connectivity index (χ0) is 13.3. The molecule has 0 radical (unpaired) electrons. The van der Waals surface area contributed by atoms with Crippen LogP contribution in [0.15, 0.2) is 47.4 Å². The Morgan fingerprint density at radius 1 is 1.37 bits per heavy atom. The molecule has 3 atom stereocenters. The summed E-state index contributed by atoms with van der Waals surface area (Å²) in [5.74, 6) is 1.51. The molecule has 2 fully saturated rings. The Morgan fingerprint density at radius 3 is 2.95 bits per heavy atom. The van der Waals surface area contributed by atoms with Gasteiger partial charge >= 0.3 is 0 Å². The first kappa shape index (κ1) is 13.2. The molecule has 0 spiro atoms. The van der Waals surface area contributed by atoms with Crippen LogP contribution in [0.3, 0.4) is 0 Å². The minimum Gasteiger partial charge on any atom is -0.229 e. The van der Waals surface area contributed by atoms with Crippen LogP contribution in [0.2, 0.25) is 0 Å². The number of hydrogen-bond acceptors (Lipinski definition) is 3. The van der Waals surface area contributed by atoms with Crippen LogP contribution in [0.1, 0.15) is 26.2 Å². The van der Waals surface area contributed by atoms with Crippen molar-refractivity contribution in [1.82, 2.24) is 0 Å². The zero-order valence-electron chi connectivity index (χ0n) is 11.3. The SMILES string of the molecule is C=C1CC[C@H]2C[C@@H]1OO[C@@]2(C)CSc1ccccc1. The highest BCUT2D eigenvalue weighted by atomic mass is 32.2. The van der Waals surface area contributed by atoms with Gasteiger partial charge in [0.15, 0.2) is 0 Å². The Kier molecular flexibility index (Phi) is 3.70. The Hall–Kier alpha value is -0.770. The van der Waals surface area contributed by atoms with Crippen molar-refractivity contribution >= 4 is 11.8 Å². The van der Waals surface area contributed by atoms with E-state index in [1.807, 2.05) is 17.8 Å². The van der Waals surface area contributed by atoms with E-state index in [1.54, 1.807) is 0 Å². The lowest BCUT2D eigenvalue weighted by molar-refractivity contribution is -0.411. The first-order chi connectivity index (χ1) is 9.17. The van der Waals surface area contributed by atoms with Gasteiger partial charge in [-0.2, -0.15) is 0 Å². The van der Waals surface area contributed by atoms with Crippen molar-refractivity contribution in [3.8, 4) is 0 Å². The molecule has 1 aliphatic carbocycles. The zero-order valence-corrected chi connectivity index (χ0v) is 12.1. The fourth-order valence-electron chi connectivity index (χ4n) is 2.85. The first-order valence-electron chi connectivity index (χ1n) is 6.87. The molecule has 2 aliphatic rings. The van der Waals surface area contributed by atoms with Crippen LogP contribution in [-0.4, -0.2) is 17.5 Å². The lowest BCUT2D eigenvalue weighted by Crippen LogP contribution is -2.49. The van der Waals surface area contributed by atoms with Crippen LogP contribution in [0, 0.1) is 5.92 Å². The Bertz CT molecular complexity index is 459. The molecule has 0 N–H and O–H groups in total. The average molecular weight is 276 g/mol. The molecule has 102 valence electrons. The Morgan fingerprint density at radius 2 is 2.16 bits per heavy atom. The smallest absolute Gasteiger partial charge is 0.114 e. The summed E-state index contributed by atoms with van der Waals surface area (Å²) in [5.41, 5.74) is 1.01. The second-order valence-corrected chi connectivity index (χ2v) is 6.76. The van der Waals surface area contributed by atoms with Crippen molar-refractivity contribution in [1.29, 1.82) is 0 Å². The normalized spacial score (nSPS) is 34.3. The van der Waals surface area contributed by atoms with E-state index in [9.17, 15) is 0 Å². The van der Waals surface area contributed by atoms with Gasteiger partial charge in [-0.25, -0.2) is 9.78 Å². The summed E-state index contributed by atoms with van der Waals surface area (Å²) in [6.07, 6.45) is 3.42. The van der Waals surface area contributed by atoms with Gasteiger partial charge in [0.1, 0.15) is 11.7 Å². The van der Waals surface area contributed by atoms with E-state index >= 15 is 0 Å². The quantitative estimate of drug-likeness (QED) is 0.468. The predicted molar refractivity (Wildman–Crippen MR) is 78.0 cm³/mol. The van der Waals surface area contributed by atoms with E-state index in [0.29, 0.717) is 5.92 Å². The molecule has 2 nitrogen and oxygen atoms in total. The third kappa shape index (κ3) is 2.73. The second kappa shape index (κ2) is 5.31. The molecule has 3 rings (SSSR count). The fourth-order valence-corrected chi connectivity index (χ4v) is 3.93. The summed E-state index contributed by atoms with van der Waals surface area (Å²) in [6, 6.07) is 10.5. The van der Waals surface area contributed by atoms with Gasteiger partial charge in [0.2, 0.25) is 0 Å². The maximum atomic E-state index is 5.74. The highest BCUT2D eigenvalue weighted by Gasteiger charge is 2.45. The van der Waals surface area contributed by atoms with Crippen molar-refractivity contribution in [2.45, 2.75) is 42.8 Å². The standard InChI is InChI=1S/C16H20O2S/c1-12-8-9-13-10-15(12)17-18-16(13,2)11-19-14-6-4-3-5-7-14/h3-7,13,15H,1,8-11H2,2H3/t13-,15-,16-/m0/s1. The van der Waals surface area contributed by atoms with Gasteiger partial charge in [0.25, 0.3) is 0 Å². The Labute approximate surface area is 119 Å². The minimum absolute atomic E-state index is 0.119. The van der Waals surface area contributed by atoms with Crippen LogP contribution >= 0.6 is 11.8 Å². The molecule has 3 heteroatoms. The van der Waals surface area contributed by atoms with E-state index in [4.69, 9.17) is 9.78 Å². The van der Waals surface area contributed by atoms with E-state index < -0.39 is 0 Å². The van der Waals surface area contributed by atoms with Gasteiger partial charge in [-0.3, -0.25) is 0 Å². The second-order valence-electron chi connectivity index (χ2n) is 5.71. The van der Waals surface area contributed by atoms with Gasteiger partial charge in [-0.1, -0.05) is 24.8 Å². The van der Waals surface area contributed by atoms with Crippen LogP contribution in [-0.2, 0) is 9.78 Å². The average Bonchev–Trinajstić information content (AvgIpc) is 2.45. The molecule has 1 saturated heterocycles. The van der Waals surface area contributed by atoms with Crippen molar-refractivity contribution in [2.24, 2.45) is 5.92 Å². The molecule has 19 heavy (non-hydrogen) atoms. The third-order valence-electron chi connectivity index (χ3n) is 4.25. The molecule has 0 unspecified atom stereocenters. The molecule has 1 saturated carbocycles. The molecule has 1 aromatic rings. The number of fused-ring (bicyclic) bond motifs is 2. The highest BCUT2D eigenvalue weighted by molar-refractivity contribution is 7.99. The maximum Gasteiger partial charge on any atom is 0.114 e. The molecule has 0 aromatic heterocycles. The van der Waals surface area contributed by atoms with Crippen LogP contribution in [0.4, 0.5) is 0 Å².